The molecule has 1 atom stereocenters. The fourth-order valence-corrected chi connectivity index (χ4v) is 4.56. The normalized spacial score (nSPS) is 12.5. The SMILES string of the molecule is CCSC(c1ccccc1Cl)c1c(C(=O)O)n(C)c2ccccc12. The number of carboxylic acids is 1. The molecular formula is C19H18ClNO2S. The number of aromatic carboxylic acids is 1. The third-order valence-electron chi connectivity index (χ3n) is 4.13. The zero-order valence-corrected chi connectivity index (χ0v) is 15.1. The minimum absolute atomic E-state index is 0.124. The Labute approximate surface area is 150 Å². The summed E-state index contributed by atoms with van der Waals surface area (Å²) in [6.45, 7) is 2.07. The van der Waals surface area contributed by atoms with Gasteiger partial charge in [-0.2, -0.15) is 0 Å². The molecule has 2 aromatic carbocycles. The van der Waals surface area contributed by atoms with Crippen molar-refractivity contribution in [2.45, 2.75) is 12.2 Å². The van der Waals surface area contributed by atoms with Crippen LogP contribution in [0.3, 0.4) is 0 Å². The number of aromatic nitrogens is 1. The van der Waals surface area contributed by atoms with Crippen molar-refractivity contribution >= 4 is 40.2 Å². The lowest BCUT2D eigenvalue weighted by Gasteiger charge is -2.19. The van der Waals surface area contributed by atoms with Gasteiger partial charge in [-0.1, -0.05) is 54.9 Å². The third-order valence-corrected chi connectivity index (χ3v) is 5.63. The molecule has 3 rings (SSSR count). The lowest BCUT2D eigenvalue weighted by atomic mass is 10.0. The van der Waals surface area contributed by atoms with E-state index in [1.165, 1.54) is 0 Å². The second kappa shape index (κ2) is 6.91. The molecule has 1 unspecified atom stereocenters. The lowest BCUT2D eigenvalue weighted by Crippen LogP contribution is -2.10. The van der Waals surface area contributed by atoms with E-state index in [2.05, 4.69) is 6.92 Å². The maximum absolute atomic E-state index is 12.0. The molecule has 0 saturated heterocycles. The molecule has 0 radical (unpaired) electrons. The number of rotatable bonds is 5. The van der Waals surface area contributed by atoms with Gasteiger partial charge in [0.2, 0.25) is 0 Å². The predicted molar refractivity (Wildman–Crippen MR) is 101 cm³/mol. The molecule has 0 amide bonds. The number of carboxylic acid groups (broad SMARTS) is 1. The highest BCUT2D eigenvalue weighted by molar-refractivity contribution is 7.99. The summed E-state index contributed by atoms with van der Waals surface area (Å²) in [7, 11) is 1.80. The fourth-order valence-electron chi connectivity index (χ4n) is 3.13. The van der Waals surface area contributed by atoms with Crippen molar-refractivity contribution in [3.63, 3.8) is 0 Å². The van der Waals surface area contributed by atoms with E-state index >= 15 is 0 Å². The van der Waals surface area contributed by atoms with Gasteiger partial charge in [-0.3, -0.25) is 0 Å². The van der Waals surface area contributed by atoms with Crippen molar-refractivity contribution in [1.29, 1.82) is 0 Å². The molecule has 0 aliphatic heterocycles. The Morgan fingerprint density at radius 3 is 2.54 bits per heavy atom. The second-order valence-corrected chi connectivity index (χ2v) is 7.29. The van der Waals surface area contributed by atoms with Gasteiger partial charge in [-0.25, -0.2) is 4.79 Å². The molecule has 0 spiro atoms. The number of thioether (sulfide) groups is 1. The minimum atomic E-state index is -0.919. The average Bonchev–Trinajstić information content (AvgIpc) is 2.87. The molecule has 3 nitrogen and oxygen atoms in total. The van der Waals surface area contributed by atoms with Crippen LogP contribution in [0.2, 0.25) is 5.02 Å². The van der Waals surface area contributed by atoms with Crippen LogP contribution in [0.4, 0.5) is 0 Å². The first-order chi connectivity index (χ1) is 11.6. The number of aryl methyl sites for hydroxylation is 1. The van der Waals surface area contributed by atoms with Crippen molar-refractivity contribution in [3.05, 3.63) is 70.4 Å². The van der Waals surface area contributed by atoms with Gasteiger partial charge in [-0.15, -0.1) is 11.8 Å². The lowest BCUT2D eigenvalue weighted by molar-refractivity contribution is 0.0686. The van der Waals surface area contributed by atoms with E-state index in [-0.39, 0.29) is 5.25 Å². The van der Waals surface area contributed by atoms with Crippen molar-refractivity contribution in [3.8, 4) is 0 Å². The molecule has 24 heavy (non-hydrogen) atoms. The number of hydrogen-bond donors (Lipinski definition) is 1. The molecule has 1 N–H and O–H groups in total. The fraction of sp³-hybridized carbons (Fsp3) is 0.211. The number of halogens is 1. The molecule has 5 heteroatoms. The molecule has 0 bridgehead atoms. The first-order valence-electron chi connectivity index (χ1n) is 7.72. The minimum Gasteiger partial charge on any atom is -0.477 e. The Bertz CT molecular complexity index is 904. The van der Waals surface area contributed by atoms with Crippen LogP contribution in [0.25, 0.3) is 10.9 Å². The number of carbonyl (C=O) groups is 1. The van der Waals surface area contributed by atoms with Crippen LogP contribution < -0.4 is 0 Å². The molecular weight excluding hydrogens is 342 g/mol. The molecule has 0 aliphatic rings. The van der Waals surface area contributed by atoms with Crippen LogP contribution in [-0.2, 0) is 7.05 Å². The summed E-state index contributed by atoms with van der Waals surface area (Å²) < 4.78 is 1.76. The number of para-hydroxylation sites is 1. The van der Waals surface area contributed by atoms with E-state index in [4.69, 9.17) is 11.6 Å². The summed E-state index contributed by atoms with van der Waals surface area (Å²) >= 11 is 8.12. The Morgan fingerprint density at radius 2 is 1.88 bits per heavy atom. The molecule has 0 saturated carbocycles. The van der Waals surface area contributed by atoms with Crippen molar-refractivity contribution in [2.24, 2.45) is 7.05 Å². The first kappa shape index (κ1) is 16.9. The van der Waals surface area contributed by atoms with Crippen LogP contribution in [0.1, 0.15) is 33.8 Å². The number of hydrogen-bond acceptors (Lipinski definition) is 2. The molecule has 124 valence electrons. The van der Waals surface area contributed by atoms with Gasteiger partial charge in [-0.05, 0) is 23.4 Å². The van der Waals surface area contributed by atoms with E-state index in [9.17, 15) is 9.90 Å². The van der Waals surface area contributed by atoms with Gasteiger partial charge in [0.15, 0.2) is 0 Å². The summed E-state index contributed by atoms with van der Waals surface area (Å²) in [6.07, 6.45) is 0. The number of nitrogens with zero attached hydrogens (tertiary/aromatic N) is 1. The van der Waals surface area contributed by atoms with Gasteiger partial charge >= 0.3 is 5.97 Å². The molecule has 3 aromatic rings. The molecule has 1 aromatic heterocycles. The molecule has 0 aliphatic carbocycles. The van der Waals surface area contributed by atoms with Crippen LogP contribution in [0.15, 0.2) is 48.5 Å². The van der Waals surface area contributed by atoms with Gasteiger partial charge in [0.25, 0.3) is 0 Å². The van der Waals surface area contributed by atoms with Crippen molar-refractivity contribution in [1.82, 2.24) is 4.57 Å². The van der Waals surface area contributed by atoms with Crippen LogP contribution >= 0.6 is 23.4 Å². The predicted octanol–water partition coefficient (Wildman–Crippen LogP) is 5.37. The standard InChI is InChI=1S/C19H18ClNO2S/c1-3-24-18(12-8-4-6-10-14(12)20)16-13-9-5-7-11-15(13)21(2)17(16)19(22)23/h4-11,18H,3H2,1-2H3,(H,22,23). The number of benzene rings is 2. The second-order valence-electron chi connectivity index (χ2n) is 5.50. The Balaban J connectivity index is 2.34. The Kier molecular flexibility index (Phi) is 4.88. The largest absolute Gasteiger partial charge is 0.477 e. The van der Waals surface area contributed by atoms with E-state index in [1.54, 1.807) is 23.4 Å². The average molecular weight is 360 g/mol. The summed E-state index contributed by atoms with van der Waals surface area (Å²) in [4.78, 5) is 12.0. The van der Waals surface area contributed by atoms with Crippen LogP contribution in [0.5, 0.6) is 0 Å². The quantitative estimate of drug-likeness (QED) is 0.665. The van der Waals surface area contributed by atoms with Gasteiger partial charge in [0.05, 0.1) is 5.25 Å². The molecule has 0 fully saturated rings. The third kappa shape index (κ3) is 2.80. The smallest absolute Gasteiger partial charge is 0.352 e. The zero-order valence-electron chi connectivity index (χ0n) is 13.5. The molecule has 1 heterocycles. The highest BCUT2D eigenvalue weighted by Gasteiger charge is 2.28. The summed E-state index contributed by atoms with van der Waals surface area (Å²) in [5.74, 6) is -0.0597. The van der Waals surface area contributed by atoms with E-state index < -0.39 is 5.97 Å². The summed E-state index contributed by atoms with van der Waals surface area (Å²) in [5, 5.41) is 11.3. The van der Waals surface area contributed by atoms with Gasteiger partial charge in [0.1, 0.15) is 5.69 Å². The van der Waals surface area contributed by atoms with Gasteiger partial charge in [0, 0.05) is 28.5 Å². The summed E-state index contributed by atoms with van der Waals surface area (Å²) in [5.41, 5.74) is 3.01. The number of fused-ring (bicyclic) bond motifs is 1. The summed E-state index contributed by atoms with van der Waals surface area (Å²) in [6, 6.07) is 15.5. The highest BCUT2D eigenvalue weighted by Crippen LogP contribution is 2.44. The monoisotopic (exact) mass is 359 g/mol. The van der Waals surface area contributed by atoms with E-state index in [1.807, 2.05) is 48.5 Å². The Morgan fingerprint density at radius 1 is 1.21 bits per heavy atom. The van der Waals surface area contributed by atoms with Crippen LogP contribution in [-0.4, -0.2) is 21.4 Å². The van der Waals surface area contributed by atoms with E-state index in [0.29, 0.717) is 10.7 Å². The van der Waals surface area contributed by atoms with E-state index in [0.717, 1.165) is 27.8 Å². The maximum atomic E-state index is 12.0. The van der Waals surface area contributed by atoms with Crippen molar-refractivity contribution < 1.29 is 9.90 Å². The topological polar surface area (TPSA) is 42.2 Å². The first-order valence-corrected chi connectivity index (χ1v) is 9.15. The maximum Gasteiger partial charge on any atom is 0.352 e. The van der Waals surface area contributed by atoms with Crippen molar-refractivity contribution in [2.75, 3.05) is 5.75 Å². The highest BCUT2D eigenvalue weighted by atomic mass is 35.5. The zero-order chi connectivity index (χ0) is 17.3. The van der Waals surface area contributed by atoms with Gasteiger partial charge < -0.3 is 9.67 Å². The van der Waals surface area contributed by atoms with Crippen LogP contribution in [0, 0.1) is 0 Å². The Hall–Kier alpha value is -1.91.